The molecule has 0 bridgehead atoms. The number of anilines is 1. The summed E-state index contributed by atoms with van der Waals surface area (Å²) in [5.41, 5.74) is 1.65. The molecule has 1 N–H and O–H groups in total. The molecular formula is C15H19N3O3. The van der Waals surface area contributed by atoms with Crippen molar-refractivity contribution in [3.05, 3.63) is 29.8 Å². The fourth-order valence-electron chi connectivity index (χ4n) is 2.97. The molecule has 0 spiro atoms. The third kappa shape index (κ3) is 2.47. The van der Waals surface area contributed by atoms with Gasteiger partial charge in [-0.15, -0.1) is 0 Å². The van der Waals surface area contributed by atoms with Crippen molar-refractivity contribution in [2.45, 2.75) is 12.5 Å². The smallest absolute Gasteiger partial charge is 0.327 e. The van der Waals surface area contributed by atoms with Crippen LogP contribution in [0, 0.1) is 0 Å². The average Bonchev–Trinajstić information content (AvgIpc) is 2.87. The van der Waals surface area contributed by atoms with Gasteiger partial charge in [-0.2, -0.15) is 0 Å². The van der Waals surface area contributed by atoms with Crippen LogP contribution in [0.4, 0.5) is 10.5 Å². The molecular weight excluding hydrogens is 270 g/mol. The number of fused-ring (bicyclic) bond motifs is 1. The lowest BCUT2D eigenvalue weighted by Gasteiger charge is -2.36. The lowest BCUT2D eigenvalue weighted by Crippen LogP contribution is -2.55. The molecule has 0 saturated carbocycles. The van der Waals surface area contributed by atoms with Crippen molar-refractivity contribution in [3.8, 4) is 0 Å². The number of aliphatic carboxylic acids is 1. The van der Waals surface area contributed by atoms with E-state index >= 15 is 0 Å². The number of carbonyl (C=O) groups excluding carboxylic acids is 1. The molecule has 0 aromatic heterocycles. The Morgan fingerprint density at radius 1 is 1.14 bits per heavy atom. The van der Waals surface area contributed by atoms with Crippen LogP contribution >= 0.6 is 0 Å². The molecule has 2 aliphatic heterocycles. The first-order valence-corrected chi connectivity index (χ1v) is 7.15. The number of para-hydroxylation sites is 1. The predicted octanol–water partition coefficient (Wildman–Crippen LogP) is 0.870. The molecule has 2 amide bonds. The van der Waals surface area contributed by atoms with E-state index in [-0.39, 0.29) is 6.03 Å². The summed E-state index contributed by atoms with van der Waals surface area (Å²) < 4.78 is 0. The zero-order valence-corrected chi connectivity index (χ0v) is 12.0. The van der Waals surface area contributed by atoms with Crippen LogP contribution in [-0.2, 0) is 11.2 Å². The third-order valence-electron chi connectivity index (χ3n) is 4.24. The minimum absolute atomic E-state index is 0.194. The number of likely N-dealkylation sites (N-methyl/N-ethyl adjacent to an activating group) is 1. The number of piperazine rings is 1. The number of carboxylic acid groups (broad SMARTS) is 1. The SMILES string of the molecule is CN1CCN(C(=O)N2c3ccccc3CC2C(=O)O)CC1. The topological polar surface area (TPSA) is 64.1 Å². The Balaban J connectivity index is 1.87. The molecule has 0 aliphatic carbocycles. The second kappa shape index (κ2) is 5.37. The van der Waals surface area contributed by atoms with E-state index < -0.39 is 12.0 Å². The molecule has 1 aromatic rings. The van der Waals surface area contributed by atoms with E-state index in [9.17, 15) is 14.7 Å². The van der Waals surface area contributed by atoms with Gasteiger partial charge in [-0.25, -0.2) is 9.59 Å². The second-order valence-corrected chi connectivity index (χ2v) is 5.63. The van der Waals surface area contributed by atoms with Gasteiger partial charge < -0.3 is 14.9 Å². The van der Waals surface area contributed by atoms with Crippen molar-refractivity contribution < 1.29 is 14.7 Å². The summed E-state index contributed by atoms with van der Waals surface area (Å²) in [5, 5.41) is 9.42. The van der Waals surface area contributed by atoms with Gasteiger partial charge in [0.25, 0.3) is 0 Å². The maximum Gasteiger partial charge on any atom is 0.327 e. The Morgan fingerprint density at radius 2 is 1.81 bits per heavy atom. The Morgan fingerprint density at radius 3 is 2.48 bits per heavy atom. The van der Waals surface area contributed by atoms with E-state index in [0.717, 1.165) is 24.3 Å². The first-order valence-electron chi connectivity index (χ1n) is 7.15. The van der Waals surface area contributed by atoms with Crippen molar-refractivity contribution in [2.24, 2.45) is 0 Å². The molecule has 0 radical (unpaired) electrons. The van der Waals surface area contributed by atoms with Gasteiger partial charge in [-0.1, -0.05) is 18.2 Å². The lowest BCUT2D eigenvalue weighted by atomic mass is 10.1. The average molecular weight is 289 g/mol. The highest BCUT2D eigenvalue weighted by molar-refractivity contribution is 6.01. The molecule has 2 heterocycles. The summed E-state index contributed by atoms with van der Waals surface area (Å²) in [6, 6.07) is 6.44. The van der Waals surface area contributed by atoms with Crippen LogP contribution in [0.5, 0.6) is 0 Å². The van der Waals surface area contributed by atoms with Crippen LogP contribution in [0.3, 0.4) is 0 Å². The van der Waals surface area contributed by atoms with E-state index in [0.29, 0.717) is 19.5 Å². The first-order chi connectivity index (χ1) is 10.1. The van der Waals surface area contributed by atoms with Gasteiger partial charge in [0.1, 0.15) is 6.04 Å². The quantitative estimate of drug-likeness (QED) is 0.833. The maximum absolute atomic E-state index is 12.8. The molecule has 1 aromatic carbocycles. The van der Waals surface area contributed by atoms with Gasteiger partial charge >= 0.3 is 12.0 Å². The number of hydrogen-bond donors (Lipinski definition) is 1. The Bertz CT molecular complexity index is 567. The maximum atomic E-state index is 12.8. The summed E-state index contributed by atoms with van der Waals surface area (Å²) in [5.74, 6) is -0.950. The van der Waals surface area contributed by atoms with Gasteiger partial charge in [0.2, 0.25) is 0 Å². The Labute approximate surface area is 123 Å². The fraction of sp³-hybridized carbons (Fsp3) is 0.467. The standard InChI is InChI=1S/C15H19N3O3/c1-16-6-8-17(9-7-16)15(21)18-12-5-3-2-4-11(12)10-13(18)14(19)20/h2-5,13H,6-10H2,1H3,(H,19,20). The number of nitrogens with zero attached hydrogens (tertiary/aromatic N) is 3. The largest absolute Gasteiger partial charge is 0.480 e. The normalized spacial score (nSPS) is 22.2. The highest BCUT2D eigenvalue weighted by atomic mass is 16.4. The molecule has 1 saturated heterocycles. The van der Waals surface area contributed by atoms with Crippen LogP contribution in [-0.4, -0.2) is 66.2 Å². The third-order valence-corrected chi connectivity index (χ3v) is 4.24. The lowest BCUT2D eigenvalue weighted by molar-refractivity contribution is -0.138. The minimum atomic E-state index is -0.950. The molecule has 2 aliphatic rings. The number of carbonyl (C=O) groups is 2. The number of urea groups is 1. The number of rotatable bonds is 1. The Kier molecular flexibility index (Phi) is 3.55. The monoisotopic (exact) mass is 289 g/mol. The zero-order valence-electron chi connectivity index (χ0n) is 12.0. The molecule has 1 fully saturated rings. The van der Waals surface area contributed by atoms with Crippen LogP contribution in [0.1, 0.15) is 5.56 Å². The molecule has 1 unspecified atom stereocenters. The number of amides is 2. The highest BCUT2D eigenvalue weighted by Crippen LogP contribution is 2.33. The van der Waals surface area contributed by atoms with E-state index in [1.807, 2.05) is 31.3 Å². The van der Waals surface area contributed by atoms with Gasteiger partial charge in [-0.05, 0) is 18.7 Å². The molecule has 21 heavy (non-hydrogen) atoms. The molecule has 1 atom stereocenters. The summed E-state index contributed by atoms with van der Waals surface area (Å²) in [7, 11) is 2.02. The summed E-state index contributed by atoms with van der Waals surface area (Å²) >= 11 is 0. The van der Waals surface area contributed by atoms with Crippen molar-refractivity contribution >= 4 is 17.7 Å². The van der Waals surface area contributed by atoms with Gasteiger partial charge in [0.05, 0.1) is 0 Å². The summed E-state index contributed by atoms with van der Waals surface area (Å²) in [6.07, 6.45) is 0.380. The zero-order chi connectivity index (χ0) is 15.0. The van der Waals surface area contributed by atoms with Crippen molar-refractivity contribution in [2.75, 3.05) is 38.1 Å². The van der Waals surface area contributed by atoms with E-state index in [4.69, 9.17) is 0 Å². The van der Waals surface area contributed by atoms with Crippen LogP contribution in [0.25, 0.3) is 0 Å². The van der Waals surface area contributed by atoms with Gasteiger partial charge in [0, 0.05) is 38.3 Å². The Hall–Kier alpha value is -2.08. The first kappa shape index (κ1) is 13.9. The number of benzene rings is 1. The van der Waals surface area contributed by atoms with E-state index in [1.54, 1.807) is 4.90 Å². The number of hydrogen-bond acceptors (Lipinski definition) is 3. The van der Waals surface area contributed by atoms with Crippen LogP contribution in [0.15, 0.2) is 24.3 Å². The highest BCUT2D eigenvalue weighted by Gasteiger charge is 2.40. The van der Waals surface area contributed by atoms with Crippen molar-refractivity contribution in [1.82, 2.24) is 9.80 Å². The predicted molar refractivity (Wildman–Crippen MR) is 78.5 cm³/mol. The summed E-state index contributed by atoms with van der Waals surface area (Å²) in [6.45, 7) is 2.92. The molecule has 3 rings (SSSR count). The summed E-state index contributed by atoms with van der Waals surface area (Å²) in [4.78, 5) is 29.6. The number of carboxylic acids is 1. The fourth-order valence-corrected chi connectivity index (χ4v) is 2.97. The van der Waals surface area contributed by atoms with Crippen LogP contribution in [0.2, 0.25) is 0 Å². The second-order valence-electron chi connectivity index (χ2n) is 5.63. The van der Waals surface area contributed by atoms with Crippen molar-refractivity contribution in [3.63, 3.8) is 0 Å². The van der Waals surface area contributed by atoms with Crippen molar-refractivity contribution in [1.29, 1.82) is 0 Å². The van der Waals surface area contributed by atoms with E-state index in [1.165, 1.54) is 4.90 Å². The minimum Gasteiger partial charge on any atom is -0.480 e. The molecule has 112 valence electrons. The van der Waals surface area contributed by atoms with Gasteiger partial charge in [-0.3, -0.25) is 4.90 Å². The van der Waals surface area contributed by atoms with E-state index in [2.05, 4.69) is 4.90 Å². The molecule has 6 nitrogen and oxygen atoms in total. The van der Waals surface area contributed by atoms with Crippen LogP contribution < -0.4 is 4.90 Å². The molecule has 6 heteroatoms. The van der Waals surface area contributed by atoms with Gasteiger partial charge in [0.15, 0.2) is 0 Å².